The third-order valence-corrected chi connectivity index (χ3v) is 6.59. The fraction of sp³-hybridized carbons (Fsp3) is 0.435. The van der Waals surface area contributed by atoms with E-state index in [0.29, 0.717) is 27.7 Å². The van der Waals surface area contributed by atoms with Gasteiger partial charge in [0, 0.05) is 52.2 Å². The molecule has 1 amide bonds. The Hall–Kier alpha value is -1.75. The number of halogens is 2. The smallest absolute Gasteiger partial charge is 0.255 e. The van der Waals surface area contributed by atoms with Crippen LogP contribution in [0.5, 0.6) is 0 Å². The molecule has 4 nitrogen and oxygen atoms in total. The van der Waals surface area contributed by atoms with Gasteiger partial charge in [-0.1, -0.05) is 23.2 Å². The van der Waals surface area contributed by atoms with Crippen LogP contribution in [0.1, 0.15) is 42.1 Å². The van der Waals surface area contributed by atoms with E-state index in [-0.39, 0.29) is 5.91 Å². The number of rotatable bonds is 4. The second-order valence-electron chi connectivity index (χ2n) is 8.23. The van der Waals surface area contributed by atoms with Crippen molar-refractivity contribution in [2.24, 2.45) is 0 Å². The predicted octanol–water partition coefficient (Wildman–Crippen LogP) is 5.62. The molecule has 6 heteroatoms. The predicted molar refractivity (Wildman–Crippen MR) is 122 cm³/mol. The van der Waals surface area contributed by atoms with Crippen LogP contribution in [-0.2, 0) is 0 Å². The van der Waals surface area contributed by atoms with Gasteiger partial charge in [-0.05, 0) is 81.6 Å². The fourth-order valence-electron chi connectivity index (χ4n) is 4.71. The van der Waals surface area contributed by atoms with Crippen LogP contribution >= 0.6 is 23.2 Å². The summed E-state index contributed by atoms with van der Waals surface area (Å²) in [6.45, 7) is 7.86. The van der Waals surface area contributed by atoms with E-state index in [1.54, 1.807) is 18.2 Å². The van der Waals surface area contributed by atoms with Gasteiger partial charge in [0.25, 0.3) is 5.91 Å². The first-order chi connectivity index (χ1) is 13.9. The average molecular weight is 432 g/mol. The van der Waals surface area contributed by atoms with E-state index in [9.17, 15) is 4.79 Å². The highest BCUT2D eigenvalue weighted by molar-refractivity contribution is 6.35. The SMILES string of the molecule is Cc1cc(NC(=O)c2cc(Cl)cc(Cl)c2)ccc1N1CCC(N2CCCC2C)C1. The molecular weight excluding hydrogens is 405 g/mol. The fourth-order valence-corrected chi connectivity index (χ4v) is 5.23. The van der Waals surface area contributed by atoms with E-state index in [1.807, 2.05) is 12.1 Å². The monoisotopic (exact) mass is 431 g/mol. The van der Waals surface area contributed by atoms with Gasteiger partial charge < -0.3 is 10.2 Å². The first-order valence-corrected chi connectivity index (χ1v) is 11.0. The highest BCUT2D eigenvalue weighted by atomic mass is 35.5. The zero-order valence-electron chi connectivity index (χ0n) is 16.9. The normalized spacial score (nSPS) is 22.3. The van der Waals surface area contributed by atoms with Crippen LogP contribution in [0.4, 0.5) is 11.4 Å². The number of carbonyl (C=O) groups is 1. The summed E-state index contributed by atoms with van der Waals surface area (Å²) in [4.78, 5) is 17.7. The van der Waals surface area contributed by atoms with Crippen LogP contribution in [-0.4, -0.2) is 42.5 Å². The van der Waals surface area contributed by atoms with Crippen LogP contribution < -0.4 is 10.2 Å². The summed E-state index contributed by atoms with van der Waals surface area (Å²) in [6, 6.07) is 12.3. The van der Waals surface area contributed by atoms with Gasteiger partial charge in [-0.3, -0.25) is 9.69 Å². The van der Waals surface area contributed by atoms with Crippen LogP contribution in [0.2, 0.25) is 10.0 Å². The molecule has 2 aliphatic heterocycles. The third-order valence-electron chi connectivity index (χ3n) is 6.16. The van der Waals surface area contributed by atoms with Crippen molar-refractivity contribution >= 4 is 40.5 Å². The van der Waals surface area contributed by atoms with Crippen molar-refractivity contribution in [1.82, 2.24) is 4.90 Å². The minimum atomic E-state index is -0.217. The molecule has 4 rings (SSSR count). The van der Waals surface area contributed by atoms with Crippen molar-refractivity contribution in [2.45, 2.75) is 45.2 Å². The molecule has 0 saturated carbocycles. The van der Waals surface area contributed by atoms with Gasteiger partial charge in [0.2, 0.25) is 0 Å². The van der Waals surface area contributed by atoms with Gasteiger partial charge in [-0.25, -0.2) is 0 Å². The molecule has 2 unspecified atom stereocenters. The Kier molecular flexibility index (Phi) is 6.05. The highest BCUT2D eigenvalue weighted by Gasteiger charge is 2.33. The van der Waals surface area contributed by atoms with Crippen LogP contribution in [0, 0.1) is 6.92 Å². The average Bonchev–Trinajstić information content (AvgIpc) is 3.29. The summed E-state index contributed by atoms with van der Waals surface area (Å²) in [6.07, 6.45) is 3.86. The minimum absolute atomic E-state index is 0.217. The second kappa shape index (κ2) is 8.55. The van der Waals surface area contributed by atoms with E-state index in [1.165, 1.54) is 37.1 Å². The zero-order valence-corrected chi connectivity index (χ0v) is 18.4. The summed E-state index contributed by atoms with van der Waals surface area (Å²) < 4.78 is 0. The Labute approximate surface area is 182 Å². The van der Waals surface area contributed by atoms with Crippen LogP contribution in [0.25, 0.3) is 0 Å². The van der Waals surface area contributed by atoms with Gasteiger partial charge in [0.15, 0.2) is 0 Å². The Bertz CT molecular complexity index is 897. The third kappa shape index (κ3) is 4.55. The molecule has 2 atom stereocenters. The number of aryl methyl sites for hydroxylation is 1. The number of carbonyl (C=O) groups excluding carboxylic acids is 1. The van der Waals surface area contributed by atoms with E-state index in [4.69, 9.17) is 23.2 Å². The van der Waals surface area contributed by atoms with Crippen molar-refractivity contribution in [3.63, 3.8) is 0 Å². The number of benzene rings is 2. The lowest BCUT2D eigenvalue weighted by molar-refractivity contribution is 0.102. The van der Waals surface area contributed by atoms with Gasteiger partial charge >= 0.3 is 0 Å². The second-order valence-corrected chi connectivity index (χ2v) is 9.10. The summed E-state index contributed by atoms with van der Waals surface area (Å²) in [5, 5.41) is 3.85. The summed E-state index contributed by atoms with van der Waals surface area (Å²) >= 11 is 12.0. The van der Waals surface area contributed by atoms with Gasteiger partial charge in [-0.2, -0.15) is 0 Å². The summed E-state index contributed by atoms with van der Waals surface area (Å²) in [5.41, 5.74) is 3.65. The molecule has 0 aromatic heterocycles. The van der Waals surface area contributed by atoms with E-state index in [0.717, 1.165) is 18.8 Å². The minimum Gasteiger partial charge on any atom is -0.370 e. The lowest BCUT2D eigenvalue weighted by atomic mass is 10.1. The van der Waals surface area contributed by atoms with Gasteiger partial charge in [0.05, 0.1) is 0 Å². The standard InChI is InChI=1S/C23H27Cl2N3O/c1-15-10-20(26-23(29)17-11-18(24)13-19(25)12-17)5-6-22(15)27-9-7-21(14-27)28-8-3-4-16(28)2/h5-6,10-13,16,21H,3-4,7-9,14H2,1-2H3,(H,26,29). The Balaban J connectivity index is 1.43. The maximum absolute atomic E-state index is 12.5. The first kappa shape index (κ1) is 20.5. The molecule has 2 aromatic carbocycles. The zero-order chi connectivity index (χ0) is 20.5. The summed E-state index contributed by atoms with van der Waals surface area (Å²) in [7, 11) is 0. The number of hydrogen-bond acceptors (Lipinski definition) is 3. The molecular formula is C23H27Cl2N3O. The Morgan fingerprint density at radius 2 is 1.83 bits per heavy atom. The number of anilines is 2. The van der Waals surface area contributed by atoms with Crippen molar-refractivity contribution in [2.75, 3.05) is 29.9 Å². The lowest BCUT2D eigenvalue weighted by Gasteiger charge is -2.29. The topological polar surface area (TPSA) is 35.6 Å². The molecule has 2 heterocycles. The van der Waals surface area contributed by atoms with Crippen LogP contribution in [0.15, 0.2) is 36.4 Å². The molecule has 2 fully saturated rings. The van der Waals surface area contributed by atoms with E-state index in [2.05, 4.69) is 35.0 Å². The molecule has 1 N–H and O–H groups in total. The van der Waals surface area contributed by atoms with Gasteiger partial charge in [-0.15, -0.1) is 0 Å². The number of nitrogens with one attached hydrogen (secondary N) is 1. The van der Waals surface area contributed by atoms with Crippen molar-refractivity contribution in [3.05, 3.63) is 57.6 Å². The molecule has 0 spiro atoms. The lowest BCUT2D eigenvalue weighted by Crippen LogP contribution is -2.39. The molecule has 2 aliphatic rings. The molecule has 2 saturated heterocycles. The van der Waals surface area contributed by atoms with E-state index < -0.39 is 0 Å². The van der Waals surface area contributed by atoms with Gasteiger partial charge in [0.1, 0.15) is 0 Å². The summed E-state index contributed by atoms with van der Waals surface area (Å²) in [5.74, 6) is -0.217. The van der Waals surface area contributed by atoms with Crippen molar-refractivity contribution in [1.29, 1.82) is 0 Å². The Morgan fingerprint density at radius 3 is 2.48 bits per heavy atom. The Morgan fingerprint density at radius 1 is 1.07 bits per heavy atom. The molecule has 154 valence electrons. The first-order valence-electron chi connectivity index (χ1n) is 10.3. The number of hydrogen-bond donors (Lipinski definition) is 1. The number of nitrogens with zero attached hydrogens (tertiary/aromatic N) is 2. The largest absolute Gasteiger partial charge is 0.370 e. The highest BCUT2D eigenvalue weighted by Crippen LogP contribution is 2.31. The van der Waals surface area contributed by atoms with E-state index >= 15 is 0 Å². The number of likely N-dealkylation sites (tertiary alicyclic amines) is 1. The number of amides is 1. The maximum atomic E-state index is 12.5. The quantitative estimate of drug-likeness (QED) is 0.682. The molecule has 0 bridgehead atoms. The maximum Gasteiger partial charge on any atom is 0.255 e. The van der Waals surface area contributed by atoms with Crippen LogP contribution in [0.3, 0.4) is 0 Å². The molecule has 29 heavy (non-hydrogen) atoms. The van der Waals surface area contributed by atoms with Crippen molar-refractivity contribution < 1.29 is 4.79 Å². The molecule has 0 aliphatic carbocycles. The molecule has 0 radical (unpaired) electrons. The van der Waals surface area contributed by atoms with Crippen molar-refractivity contribution in [3.8, 4) is 0 Å². The molecule has 2 aromatic rings.